The molecule has 0 aromatic heterocycles. The molecule has 3 nitrogen and oxygen atoms in total. The molecule has 1 heterocycles. The number of nitrogens with two attached hydrogens (primary N) is 1. The third-order valence-corrected chi connectivity index (χ3v) is 6.05. The molecule has 0 bridgehead atoms. The summed E-state index contributed by atoms with van der Waals surface area (Å²) in [5.74, 6) is 1.46. The number of aryl methyl sites for hydroxylation is 2. The van der Waals surface area contributed by atoms with Crippen LogP contribution in [0.1, 0.15) is 33.5 Å². The van der Waals surface area contributed by atoms with Crippen molar-refractivity contribution < 1.29 is 4.79 Å². The maximum Gasteiger partial charge on any atom is 0.253 e. The molecule has 0 radical (unpaired) electrons. The molecular formula is C21H27ClN2OS. The summed E-state index contributed by atoms with van der Waals surface area (Å²) in [6.45, 7) is 6.53. The van der Waals surface area contributed by atoms with Gasteiger partial charge in [0.05, 0.1) is 0 Å². The van der Waals surface area contributed by atoms with Gasteiger partial charge in [-0.25, -0.2) is 0 Å². The van der Waals surface area contributed by atoms with Crippen molar-refractivity contribution in [3.05, 3.63) is 64.7 Å². The van der Waals surface area contributed by atoms with Crippen molar-refractivity contribution in [3.8, 4) is 0 Å². The number of halogens is 1. The third kappa shape index (κ3) is 5.03. The van der Waals surface area contributed by atoms with Crippen LogP contribution >= 0.6 is 24.2 Å². The van der Waals surface area contributed by atoms with Gasteiger partial charge >= 0.3 is 0 Å². The summed E-state index contributed by atoms with van der Waals surface area (Å²) < 4.78 is 0. The Kier molecular flexibility index (Phi) is 7.56. The number of carbonyl (C=O) groups is 1. The highest BCUT2D eigenvalue weighted by molar-refractivity contribution is 7.98. The minimum atomic E-state index is 0. The SMILES string of the molecule is Cc1ccc(C)c(SCc2cccc(C(=O)N3CCC(CN)C3)c2)c1.Cl. The number of amides is 1. The van der Waals surface area contributed by atoms with E-state index >= 15 is 0 Å². The zero-order chi connectivity index (χ0) is 17.8. The van der Waals surface area contributed by atoms with Crippen molar-refractivity contribution in [1.29, 1.82) is 0 Å². The fourth-order valence-corrected chi connectivity index (χ4v) is 4.28. The average molecular weight is 391 g/mol. The van der Waals surface area contributed by atoms with Crippen molar-refractivity contribution in [1.82, 2.24) is 4.90 Å². The molecule has 3 rings (SSSR count). The van der Waals surface area contributed by atoms with Crippen LogP contribution in [0.15, 0.2) is 47.4 Å². The molecule has 1 aliphatic heterocycles. The monoisotopic (exact) mass is 390 g/mol. The first-order valence-electron chi connectivity index (χ1n) is 8.85. The van der Waals surface area contributed by atoms with Crippen LogP contribution in [-0.4, -0.2) is 30.4 Å². The molecule has 1 unspecified atom stereocenters. The van der Waals surface area contributed by atoms with E-state index < -0.39 is 0 Å². The van der Waals surface area contributed by atoms with E-state index in [4.69, 9.17) is 5.73 Å². The second-order valence-electron chi connectivity index (χ2n) is 6.90. The summed E-state index contributed by atoms with van der Waals surface area (Å²) in [7, 11) is 0. The van der Waals surface area contributed by atoms with E-state index in [1.54, 1.807) is 0 Å². The maximum atomic E-state index is 12.7. The summed E-state index contributed by atoms with van der Waals surface area (Å²) in [4.78, 5) is 16.0. The van der Waals surface area contributed by atoms with Crippen LogP contribution in [-0.2, 0) is 5.75 Å². The van der Waals surface area contributed by atoms with Crippen molar-refractivity contribution in [2.75, 3.05) is 19.6 Å². The zero-order valence-corrected chi connectivity index (χ0v) is 17.0. The highest BCUT2D eigenvalue weighted by Crippen LogP contribution is 2.27. The van der Waals surface area contributed by atoms with Crippen LogP contribution in [0.25, 0.3) is 0 Å². The summed E-state index contributed by atoms with van der Waals surface area (Å²) in [5.41, 5.74) is 10.3. The van der Waals surface area contributed by atoms with Gasteiger partial charge in [0.25, 0.3) is 5.91 Å². The highest BCUT2D eigenvalue weighted by atomic mass is 35.5. The molecule has 0 spiro atoms. The quantitative estimate of drug-likeness (QED) is 0.767. The summed E-state index contributed by atoms with van der Waals surface area (Å²) in [6.07, 6.45) is 1.02. The molecule has 1 atom stereocenters. The lowest BCUT2D eigenvalue weighted by atomic mass is 10.1. The molecule has 0 aliphatic carbocycles. The zero-order valence-electron chi connectivity index (χ0n) is 15.4. The second kappa shape index (κ2) is 9.45. The van der Waals surface area contributed by atoms with Gasteiger partial charge in [-0.3, -0.25) is 4.79 Å². The molecule has 1 amide bonds. The Bertz CT molecular complexity index is 765. The van der Waals surface area contributed by atoms with Crippen LogP contribution in [0.2, 0.25) is 0 Å². The fraction of sp³-hybridized carbons (Fsp3) is 0.381. The van der Waals surface area contributed by atoms with Crippen LogP contribution < -0.4 is 5.73 Å². The highest BCUT2D eigenvalue weighted by Gasteiger charge is 2.25. The van der Waals surface area contributed by atoms with Gasteiger partial charge < -0.3 is 10.6 Å². The Morgan fingerprint density at radius 2 is 2.04 bits per heavy atom. The first kappa shape index (κ1) is 20.8. The van der Waals surface area contributed by atoms with Crippen molar-refractivity contribution in [2.45, 2.75) is 30.9 Å². The molecule has 2 aromatic carbocycles. The fourth-order valence-electron chi connectivity index (χ4n) is 3.21. The largest absolute Gasteiger partial charge is 0.338 e. The first-order valence-corrected chi connectivity index (χ1v) is 9.83. The number of carbonyl (C=O) groups excluding carboxylic acids is 1. The topological polar surface area (TPSA) is 46.3 Å². The van der Waals surface area contributed by atoms with E-state index in [0.29, 0.717) is 12.5 Å². The first-order chi connectivity index (χ1) is 12.1. The van der Waals surface area contributed by atoms with Crippen LogP contribution in [0.5, 0.6) is 0 Å². The number of hydrogen-bond donors (Lipinski definition) is 1. The van der Waals surface area contributed by atoms with E-state index in [9.17, 15) is 4.79 Å². The summed E-state index contributed by atoms with van der Waals surface area (Å²) in [5, 5.41) is 0. The molecule has 5 heteroatoms. The number of nitrogens with zero attached hydrogens (tertiary/aromatic N) is 1. The third-order valence-electron chi connectivity index (χ3n) is 4.82. The lowest BCUT2D eigenvalue weighted by Gasteiger charge is -2.17. The minimum absolute atomic E-state index is 0. The predicted molar refractivity (Wildman–Crippen MR) is 112 cm³/mol. The number of thioether (sulfide) groups is 1. The molecule has 1 saturated heterocycles. The maximum absolute atomic E-state index is 12.7. The van der Waals surface area contributed by atoms with Gasteiger partial charge in [0, 0.05) is 29.3 Å². The number of hydrogen-bond acceptors (Lipinski definition) is 3. The van der Waals surface area contributed by atoms with Gasteiger partial charge in [-0.15, -0.1) is 24.2 Å². The van der Waals surface area contributed by atoms with Gasteiger partial charge in [-0.2, -0.15) is 0 Å². The molecular weight excluding hydrogens is 364 g/mol. The smallest absolute Gasteiger partial charge is 0.253 e. The van der Waals surface area contributed by atoms with E-state index in [0.717, 1.165) is 30.8 Å². The van der Waals surface area contributed by atoms with Gasteiger partial charge in [-0.1, -0.05) is 29.8 Å². The molecule has 2 aromatic rings. The number of rotatable bonds is 5. The molecule has 1 fully saturated rings. The predicted octanol–water partition coefficient (Wildman–Crippen LogP) is 4.44. The lowest BCUT2D eigenvalue weighted by molar-refractivity contribution is 0.0787. The van der Waals surface area contributed by atoms with Gasteiger partial charge in [0.15, 0.2) is 0 Å². The van der Waals surface area contributed by atoms with E-state index in [1.165, 1.54) is 21.6 Å². The average Bonchev–Trinajstić information content (AvgIpc) is 3.11. The number of benzene rings is 2. The van der Waals surface area contributed by atoms with E-state index in [1.807, 2.05) is 34.9 Å². The van der Waals surface area contributed by atoms with E-state index in [-0.39, 0.29) is 18.3 Å². The normalized spacial score (nSPS) is 16.4. The van der Waals surface area contributed by atoms with Crippen LogP contribution in [0.4, 0.5) is 0 Å². The van der Waals surface area contributed by atoms with E-state index in [2.05, 4.69) is 38.1 Å². The molecule has 2 N–H and O–H groups in total. The Morgan fingerprint density at radius 1 is 1.23 bits per heavy atom. The van der Waals surface area contributed by atoms with Crippen molar-refractivity contribution in [3.63, 3.8) is 0 Å². The molecule has 0 saturated carbocycles. The Labute approximate surface area is 166 Å². The summed E-state index contributed by atoms with van der Waals surface area (Å²) in [6, 6.07) is 14.6. The standard InChI is InChI=1S/C21H26N2OS.ClH/c1-15-6-7-16(2)20(10-15)25-14-17-4-3-5-19(11-17)21(24)23-9-8-18(12-22)13-23;/h3-7,10-11,18H,8-9,12-14,22H2,1-2H3;1H. The lowest BCUT2D eigenvalue weighted by Crippen LogP contribution is -2.29. The Morgan fingerprint density at radius 3 is 2.77 bits per heavy atom. The Hall–Kier alpha value is -1.49. The van der Waals surface area contributed by atoms with Crippen LogP contribution in [0, 0.1) is 19.8 Å². The molecule has 1 aliphatic rings. The Balaban J connectivity index is 0.00000243. The number of likely N-dealkylation sites (tertiary alicyclic amines) is 1. The van der Waals surface area contributed by atoms with Gasteiger partial charge in [0.1, 0.15) is 0 Å². The van der Waals surface area contributed by atoms with Gasteiger partial charge in [-0.05, 0) is 62.1 Å². The van der Waals surface area contributed by atoms with Crippen molar-refractivity contribution >= 4 is 30.1 Å². The molecule has 140 valence electrons. The van der Waals surface area contributed by atoms with Crippen molar-refractivity contribution in [2.24, 2.45) is 11.7 Å². The minimum Gasteiger partial charge on any atom is -0.338 e. The van der Waals surface area contributed by atoms with Crippen LogP contribution in [0.3, 0.4) is 0 Å². The summed E-state index contributed by atoms with van der Waals surface area (Å²) >= 11 is 1.83. The molecule has 26 heavy (non-hydrogen) atoms. The van der Waals surface area contributed by atoms with Gasteiger partial charge in [0.2, 0.25) is 0 Å². The second-order valence-corrected chi connectivity index (χ2v) is 7.92.